The summed E-state index contributed by atoms with van der Waals surface area (Å²) < 4.78 is 26.5. The summed E-state index contributed by atoms with van der Waals surface area (Å²) in [6, 6.07) is 4.24. The number of nitrogens with zero attached hydrogens (tertiary/aromatic N) is 2. The number of hydrogen-bond acceptors (Lipinski definition) is 4. The first-order chi connectivity index (χ1) is 9.90. The highest BCUT2D eigenvalue weighted by Gasteiger charge is 2.28. The molecule has 0 aliphatic carbocycles. The number of halogens is 3. The lowest BCUT2D eigenvalue weighted by atomic mass is 10.1. The summed E-state index contributed by atoms with van der Waals surface area (Å²) in [5.74, 6) is -4.04. The Morgan fingerprint density at radius 1 is 1.29 bits per heavy atom. The van der Waals surface area contributed by atoms with Gasteiger partial charge in [0.25, 0.3) is 5.91 Å². The third-order valence-corrected chi connectivity index (χ3v) is 2.69. The first kappa shape index (κ1) is 14.8. The molecular weight excluding hydrogens is 308 g/mol. The number of nitro groups is 1. The lowest BCUT2D eigenvalue weighted by molar-refractivity contribution is -0.388. The zero-order valence-corrected chi connectivity index (χ0v) is 10.9. The van der Waals surface area contributed by atoms with Crippen LogP contribution in [0.4, 0.5) is 20.3 Å². The Bertz CT molecular complexity index is 722. The van der Waals surface area contributed by atoms with Crippen LogP contribution in [0, 0.1) is 21.7 Å². The van der Waals surface area contributed by atoms with Crippen molar-refractivity contribution in [2.75, 3.05) is 5.32 Å². The van der Waals surface area contributed by atoms with Crippen molar-refractivity contribution < 1.29 is 18.5 Å². The summed E-state index contributed by atoms with van der Waals surface area (Å²) in [5.41, 5.74) is -1.85. The van der Waals surface area contributed by atoms with E-state index in [-0.39, 0.29) is 5.82 Å². The summed E-state index contributed by atoms with van der Waals surface area (Å²) in [7, 11) is 0. The molecule has 1 N–H and O–H groups in total. The second-order valence-corrected chi connectivity index (χ2v) is 4.27. The predicted molar refractivity (Wildman–Crippen MR) is 70.2 cm³/mol. The molecule has 1 aromatic carbocycles. The summed E-state index contributed by atoms with van der Waals surface area (Å²) in [4.78, 5) is 25.3. The lowest BCUT2D eigenvalue weighted by Crippen LogP contribution is -2.16. The van der Waals surface area contributed by atoms with Gasteiger partial charge >= 0.3 is 5.69 Å². The van der Waals surface area contributed by atoms with E-state index in [1.54, 1.807) is 0 Å². The van der Waals surface area contributed by atoms with Crippen molar-refractivity contribution in [3.8, 4) is 0 Å². The van der Waals surface area contributed by atoms with Crippen LogP contribution in [0.25, 0.3) is 0 Å². The third-order valence-electron chi connectivity index (χ3n) is 2.47. The topological polar surface area (TPSA) is 85.1 Å². The second-order valence-electron chi connectivity index (χ2n) is 3.83. The zero-order chi connectivity index (χ0) is 15.6. The Kier molecular flexibility index (Phi) is 4.08. The quantitative estimate of drug-likeness (QED) is 0.696. The van der Waals surface area contributed by atoms with E-state index in [9.17, 15) is 23.7 Å². The molecule has 1 amide bonds. The summed E-state index contributed by atoms with van der Waals surface area (Å²) in [6.07, 6.45) is 1.25. The molecule has 0 bridgehead atoms. The minimum atomic E-state index is -1.70. The largest absolute Gasteiger partial charge is 0.320 e. The van der Waals surface area contributed by atoms with E-state index in [4.69, 9.17) is 11.6 Å². The zero-order valence-electron chi connectivity index (χ0n) is 10.1. The number of anilines is 1. The second kappa shape index (κ2) is 5.80. The van der Waals surface area contributed by atoms with E-state index in [1.807, 2.05) is 0 Å². The molecule has 0 saturated carbocycles. The Hall–Kier alpha value is -2.61. The fraction of sp³-hybridized carbons (Fsp3) is 0. The van der Waals surface area contributed by atoms with Gasteiger partial charge in [0.2, 0.25) is 5.82 Å². The number of amides is 1. The number of rotatable bonds is 3. The van der Waals surface area contributed by atoms with Crippen LogP contribution < -0.4 is 5.32 Å². The molecule has 2 rings (SSSR count). The van der Waals surface area contributed by atoms with Gasteiger partial charge in [-0.3, -0.25) is 14.9 Å². The van der Waals surface area contributed by atoms with Gasteiger partial charge in [-0.2, -0.15) is 4.39 Å². The highest BCUT2D eigenvalue weighted by atomic mass is 35.5. The number of benzene rings is 1. The maximum Gasteiger partial charge on any atom is 0.320 e. The van der Waals surface area contributed by atoms with Crippen LogP contribution in [-0.4, -0.2) is 15.8 Å². The van der Waals surface area contributed by atoms with E-state index in [1.165, 1.54) is 18.3 Å². The number of hydrogen-bond donors (Lipinski definition) is 1. The smallest absolute Gasteiger partial charge is 0.306 e. The van der Waals surface area contributed by atoms with E-state index >= 15 is 0 Å². The van der Waals surface area contributed by atoms with Crippen LogP contribution >= 0.6 is 11.6 Å². The van der Waals surface area contributed by atoms with Crippen molar-refractivity contribution in [3.63, 3.8) is 0 Å². The molecule has 0 spiro atoms. The standard InChI is InChI=1S/C12H6ClF2N3O3/c13-6-1-4-9(16-5-6)17-12(19)7-2-3-8(14)10(15)11(7)18(20)21/h1-5H,(H,16,17,19). The number of carbonyl (C=O) groups excluding carboxylic acids is 1. The Morgan fingerprint density at radius 3 is 2.57 bits per heavy atom. The van der Waals surface area contributed by atoms with Gasteiger partial charge in [0.05, 0.1) is 9.95 Å². The van der Waals surface area contributed by atoms with Crippen LogP contribution in [0.5, 0.6) is 0 Å². The molecule has 0 radical (unpaired) electrons. The van der Waals surface area contributed by atoms with E-state index in [0.717, 1.165) is 6.07 Å². The van der Waals surface area contributed by atoms with Crippen LogP contribution in [0.15, 0.2) is 30.5 Å². The van der Waals surface area contributed by atoms with Crippen LogP contribution in [0.1, 0.15) is 10.4 Å². The normalized spacial score (nSPS) is 10.2. The minimum Gasteiger partial charge on any atom is -0.306 e. The minimum absolute atomic E-state index is 0.0587. The van der Waals surface area contributed by atoms with Crippen molar-refractivity contribution >= 4 is 29.0 Å². The predicted octanol–water partition coefficient (Wildman–Crippen LogP) is 3.17. The van der Waals surface area contributed by atoms with Crippen LogP contribution in [-0.2, 0) is 0 Å². The average Bonchev–Trinajstić information content (AvgIpc) is 2.43. The van der Waals surface area contributed by atoms with Gasteiger partial charge in [-0.05, 0) is 24.3 Å². The van der Waals surface area contributed by atoms with E-state index < -0.39 is 33.7 Å². The Labute approximate surface area is 121 Å². The van der Waals surface area contributed by atoms with Crippen molar-refractivity contribution in [1.29, 1.82) is 0 Å². The summed E-state index contributed by atoms with van der Waals surface area (Å²) >= 11 is 5.61. The number of carbonyl (C=O) groups is 1. The molecule has 21 heavy (non-hydrogen) atoms. The lowest BCUT2D eigenvalue weighted by Gasteiger charge is -2.06. The van der Waals surface area contributed by atoms with Gasteiger partial charge < -0.3 is 5.32 Å². The first-order valence-electron chi connectivity index (χ1n) is 5.45. The van der Waals surface area contributed by atoms with Gasteiger partial charge in [-0.15, -0.1) is 0 Å². The number of pyridine rings is 1. The highest BCUT2D eigenvalue weighted by molar-refractivity contribution is 6.30. The molecule has 2 aromatic rings. The van der Waals surface area contributed by atoms with Crippen LogP contribution in [0.3, 0.4) is 0 Å². The molecule has 0 aliphatic rings. The molecule has 108 valence electrons. The SMILES string of the molecule is O=C(Nc1ccc(Cl)cn1)c1ccc(F)c(F)c1[N+](=O)[O-]. The molecule has 6 nitrogen and oxygen atoms in total. The first-order valence-corrected chi connectivity index (χ1v) is 5.83. The van der Waals surface area contributed by atoms with Gasteiger partial charge in [0.1, 0.15) is 11.4 Å². The molecule has 0 aliphatic heterocycles. The van der Waals surface area contributed by atoms with Crippen molar-refractivity contribution in [1.82, 2.24) is 4.98 Å². The van der Waals surface area contributed by atoms with Crippen molar-refractivity contribution in [2.24, 2.45) is 0 Å². The molecule has 0 fully saturated rings. The summed E-state index contributed by atoms with van der Waals surface area (Å²) in [5, 5.41) is 13.3. The number of nitrogens with one attached hydrogen (secondary N) is 1. The Morgan fingerprint density at radius 2 is 2.00 bits per heavy atom. The van der Waals surface area contributed by atoms with E-state index in [0.29, 0.717) is 11.1 Å². The number of nitro benzene ring substituents is 1. The number of aromatic nitrogens is 1. The third kappa shape index (κ3) is 3.11. The van der Waals surface area contributed by atoms with E-state index in [2.05, 4.69) is 10.3 Å². The maximum absolute atomic E-state index is 13.4. The monoisotopic (exact) mass is 313 g/mol. The molecule has 0 atom stereocenters. The van der Waals surface area contributed by atoms with Gasteiger partial charge in [-0.1, -0.05) is 11.6 Å². The summed E-state index contributed by atoms with van der Waals surface area (Å²) in [6.45, 7) is 0. The molecule has 0 unspecified atom stereocenters. The molecular formula is C12H6ClF2N3O3. The van der Waals surface area contributed by atoms with Gasteiger partial charge in [-0.25, -0.2) is 9.37 Å². The molecule has 9 heteroatoms. The molecule has 0 saturated heterocycles. The van der Waals surface area contributed by atoms with Crippen molar-refractivity contribution in [3.05, 3.63) is 62.8 Å². The maximum atomic E-state index is 13.4. The molecule has 1 heterocycles. The van der Waals surface area contributed by atoms with Gasteiger partial charge in [0.15, 0.2) is 5.82 Å². The van der Waals surface area contributed by atoms with Gasteiger partial charge in [0, 0.05) is 6.20 Å². The fourth-order valence-corrected chi connectivity index (χ4v) is 1.65. The highest BCUT2D eigenvalue weighted by Crippen LogP contribution is 2.25. The Balaban J connectivity index is 2.37. The van der Waals surface area contributed by atoms with Crippen LogP contribution in [0.2, 0.25) is 5.02 Å². The van der Waals surface area contributed by atoms with Crippen molar-refractivity contribution in [2.45, 2.75) is 0 Å². The molecule has 1 aromatic heterocycles. The average molecular weight is 314 g/mol. The fourth-order valence-electron chi connectivity index (χ4n) is 1.54.